The molecule has 2 nitrogen and oxygen atoms in total. The van der Waals surface area contributed by atoms with Gasteiger partial charge in [-0.15, -0.1) is 0 Å². The molecule has 0 aliphatic rings. The normalized spacial score (nSPS) is 11.8. The Morgan fingerprint density at radius 1 is 0.425 bits per heavy atom. The Bertz CT molecular complexity index is 1940. The lowest BCUT2D eigenvalue weighted by Crippen LogP contribution is -2.38. The third kappa shape index (κ3) is 3.51. The summed E-state index contributed by atoms with van der Waals surface area (Å²) in [7, 11) is -2.91. The molecule has 0 saturated carbocycles. The van der Waals surface area contributed by atoms with Crippen LogP contribution in [0.2, 0.25) is 0 Å². The van der Waals surface area contributed by atoms with E-state index in [0.29, 0.717) is 12.1 Å². The van der Waals surface area contributed by atoms with Crippen LogP contribution in [0.25, 0.3) is 32.3 Å². The third-order valence-corrected chi connectivity index (χ3v) is 6.05. The first-order chi connectivity index (χ1) is 18.7. The van der Waals surface area contributed by atoms with Gasteiger partial charge in [-0.05, 0) is 0 Å². The van der Waals surface area contributed by atoms with Gasteiger partial charge in [0, 0.05) is 16.2 Å². The molecule has 0 atom stereocenters. The smallest absolute Gasteiger partial charge is 0.530 e. The number of hydrogen-bond donors (Lipinski definition) is 1. The fourth-order valence-electron chi connectivity index (χ4n) is 4.26. The van der Waals surface area contributed by atoms with Crippen molar-refractivity contribution < 1.29 is 66.8 Å². The van der Waals surface area contributed by atoms with Crippen molar-refractivity contribution in [3.8, 4) is 5.75 Å². The summed E-state index contributed by atoms with van der Waals surface area (Å²) in [6, 6.07) is 2.17. The van der Waals surface area contributed by atoms with Gasteiger partial charge >= 0.3 is 7.12 Å². The van der Waals surface area contributed by atoms with Crippen LogP contribution in [0.4, 0.5) is 57.1 Å². The van der Waals surface area contributed by atoms with Gasteiger partial charge in [-0.1, -0.05) is 18.2 Å². The molecule has 0 radical (unpaired) electrons. The van der Waals surface area contributed by atoms with E-state index in [2.05, 4.69) is 4.65 Å². The van der Waals surface area contributed by atoms with E-state index in [1.807, 2.05) is 0 Å². The highest BCUT2D eigenvalue weighted by Gasteiger charge is 2.36. The quantitative estimate of drug-likeness (QED) is 0.0843. The first-order valence-electron chi connectivity index (χ1n) is 10.4. The average molecular weight is 582 g/mol. The minimum absolute atomic E-state index is 0.659. The molecular formula is C24H4BF13O2. The summed E-state index contributed by atoms with van der Waals surface area (Å²) in [6.45, 7) is 0. The number of hydrogen-bond acceptors (Lipinski definition) is 2. The molecule has 5 aromatic carbocycles. The van der Waals surface area contributed by atoms with Crippen molar-refractivity contribution in [1.29, 1.82) is 0 Å². The van der Waals surface area contributed by atoms with Crippen LogP contribution in [-0.2, 0) is 0 Å². The van der Waals surface area contributed by atoms with Crippen molar-refractivity contribution in [3.63, 3.8) is 0 Å². The van der Waals surface area contributed by atoms with E-state index in [4.69, 9.17) is 0 Å². The molecular weight excluding hydrogens is 578 g/mol. The van der Waals surface area contributed by atoms with Crippen LogP contribution in [0.1, 0.15) is 0 Å². The summed E-state index contributed by atoms with van der Waals surface area (Å²) in [6.07, 6.45) is 0. The maximum absolute atomic E-state index is 15.4. The first-order valence-corrected chi connectivity index (χ1v) is 10.4. The van der Waals surface area contributed by atoms with Gasteiger partial charge in [0.25, 0.3) is 0 Å². The standard InChI is InChI=1S/C24H4BF13O2/c26-11-4-2-1-3-5(6(4)14(29)19(34)18(11)33)25(39)40-24-10-9(17(32)22(37)23(24)38)12(27)7-8(13(10)28)16(31)21(36)20(35)15(7)30/h1-3,39H. The van der Waals surface area contributed by atoms with Crippen molar-refractivity contribution in [2.45, 2.75) is 0 Å². The summed E-state index contributed by atoms with van der Waals surface area (Å²) in [4.78, 5) is 0. The zero-order valence-corrected chi connectivity index (χ0v) is 18.6. The van der Waals surface area contributed by atoms with E-state index in [0.717, 1.165) is 6.07 Å². The van der Waals surface area contributed by atoms with Gasteiger partial charge in [0.1, 0.15) is 11.6 Å². The van der Waals surface area contributed by atoms with Crippen LogP contribution in [0, 0.1) is 75.6 Å². The van der Waals surface area contributed by atoms with Gasteiger partial charge in [0.2, 0.25) is 5.82 Å². The first kappa shape index (κ1) is 27.4. The average Bonchev–Trinajstić information content (AvgIpc) is 2.93. The minimum atomic E-state index is -2.91. The predicted molar refractivity (Wildman–Crippen MR) is 113 cm³/mol. The molecule has 0 heterocycles. The van der Waals surface area contributed by atoms with Crippen LogP contribution < -0.4 is 10.1 Å². The van der Waals surface area contributed by atoms with Crippen molar-refractivity contribution in [3.05, 3.63) is 93.8 Å². The molecule has 0 aromatic heterocycles. The highest BCUT2D eigenvalue weighted by Crippen LogP contribution is 2.43. The second-order valence-corrected chi connectivity index (χ2v) is 8.15. The molecule has 0 amide bonds. The number of rotatable bonds is 3. The van der Waals surface area contributed by atoms with Crippen LogP contribution in [0.3, 0.4) is 0 Å². The fraction of sp³-hybridized carbons (Fsp3) is 0. The molecule has 0 saturated heterocycles. The molecule has 0 aliphatic carbocycles. The molecule has 5 aromatic rings. The van der Waals surface area contributed by atoms with Gasteiger partial charge in [0.05, 0.1) is 21.5 Å². The van der Waals surface area contributed by atoms with Gasteiger partial charge in [-0.3, -0.25) is 0 Å². The lowest BCUT2D eigenvalue weighted by Gasteiger charge is -2.18. The monoisotopic (exact) mass is 582 g/mol. The Kier molecular flexibility index (Phi) is 6.28. The molecule has 0 spiro atoms. The van der Waals surface area contributed by atoms with Crippen LogP contribution >= 0.6 is 0 Å². The zero-order chi connectivity index (χ0) is 29.5. The molecule has 5 rings (SSSR count). The molecule has 16 heteroatoms. The summed E-state index contributed by atoms with van der Waals surface area (Å²) < 4.78 is 191. The van der Waals surface area contributed by atoms with Crippen molar-refractivity contribution >= 4 is 44.9 Å². The van der Waals surface area contributed by atoms with Crippen molar-refractivity contribution in [2.24, 2.45) is 0 Å². The Labute approximate surface area is 211 Å². The lowest BCUT2D eigenvalue weighted by atomic mass is 9.76. The van der Waals surface area contributed by atoms with E-state index in [1.54, 1.807) is 0 Å². The fourth-order valence-corrected chi connectivity index (χ4v) is 4.26. The number of halogens is 13. The van der Waals surface area contributed by atoms with Crippen molar-refractivity contribution in [2.75, 3.05) is 0 Å². The largest absolute Gasteiger partial charge is 0.560 e. The third-order valence-electron chi connectivity index (χ3n) is 6.05. The van der Waals surface area contributed by atoms with E-state index in [9.17, 15) is 53.3 Å². The SMILES string of the molecule is OB(Oc1c(F)c(F)c(F)c2c(F)c3c(F)c(F)c(F)c(F)c3c(F)c12)c1cccc2c(F)c(F)c(F)c(F)c12. The van der Waals surface area contributed by atoms with E-state index in [-0.39, 0.29) is 0 Å². The van der Waals surface area contributed by atoms with Crippen LogP contribution in [-0.4, -0.2) is 12.1 Å². The summed E-state index contributed by atoms with van der Waals surface area (Å²) >= 11 is 0. The van der Waals surface area contributed by atoms with Gasteiger partial charge in [-0.2, -0.15) is 4.39 Å². The molecule has 40 heavy (non-hydrogen) atoms. The summed E-state index contributed by atoms with van der Waals surface area (Å²) in [5.41, 5.74) is -1.04. The van der Waals surface area contributed by atoms with E-state index < -0.39 is 126 Å². The number of benzene rings is 5. The molecule has 0 unspecified atom stereocenters. The maximum atomic E-state index is 15.4. The Balaban J connectivity index is 1.86. The predicted octanol–water partition coefficient (Wildman–Crippen LogP) is 6.72. The van der Waals surface area contributed by atoms with E-state index in [1.165, 1.54) is 0 Å². The van der Waals surface area contributed by atoms with Gasteiger partial charge in [-0.25, -0.2) is 52.7 Å². The summed E-state index contributed by atoms with van der Waals surface area (Å²) in [5.74, 6) is -33.8. The minimum Gasteiger partial charge on any atom is -0.530 e. The highest BCUT2D eigenvalue weighted by atomic mass is 19.2. The molecule has 1 N–H and O–H groups in total. The molecule has 0 aliphatic heterocycles. The topological polar surface area (TPSA) is 29.5 Å². The zero-order valence-electron chi connectivity index (χ0n) is 18.6. The van der Waals surface area contributed by atoms with Crippen molar-refractivity contribution in [1.82, 2.24) is 0 Å². The molecule has 0 fully saturated rings. The Morgan fingerprint density at radius 2 is 0.825 bits per heavy atom. The lowest BCUT2D eigenvalue weighted by molar-refractivity contribution is 0.389. The highest BCUT2D eigenvalue weighted by molar-refractivity contribution is 6.64. The Hall–Kier alpha value is -4.21. The molecule has 0 bridgehead atoms. The second-order valence-electron chi connectivity index (χ2n) is 8.15. The van der Waals surface area contributed by atoms with Gasteiger partial charge in [0.15, 0.2) is 63.9 Å². The Morgan fingerprint density at radius 3 is 1.35 bits per heavy atom. The van der Waals surface area contributed by atoms with Crippen LogP contribution in [0.15, 0.2) is 18.2 Å². The number of fused-ring (bicyclic) bond motifs is 3. The van der Waals surface area contributed by atoms with Gasteiger partial charge < -0.3 is 9.68 Å². The van der Waals surface area contributed by atoms with Crippen LogP contribution in [0.5, 0.6) is 5.75 Å². The summed E-state index contributed by atoms with van der Waals surface area (Å²) in [5, 5.41) is 0.241. The van der Waals surface area contributed by atoms with E-state index >= 15 is 8.78 Å². The maximum Gasteiger partial charge on any atom is 0.560 e. The molecule has 206 valence electrons. The second kappa shape index (κ2) is 9.18.